The number of aromatic nitrogens is 2. The summed E-state index contributed by atoms with van der Waals surface area (Å²) in [6.45, 7) is 0.638. The predicted octanol–water partition coefficient (Wildman–Crippen LogP) is 4.42. The fourth-order valence-electron chi connectivity index (χ4n) is 2.17. The van der Waals surface area contributed by atoms with Gasteiger partial charge in [-0.2, -0.15) is 0 Å². The minimum atomic E-state index is 0.584. The molecule has 0 radical (unpaired) electrons. The molecule has 0 spiro atoms. The van der Waals surface area contributed by atoms with E-state index in [1.165, 1.54) is 0 Å². The lowest BCUT2D eigenvalue weighted by Crippen LogP contribution is -2.03. The maximum atomic E-state index is 5.89. The Hall–Kier alpha value is -2.59. The zero-order chi connectivity index (χ0) is 16.1. The summed E-state index contributed by atoms with van der Waals surface area (Å²) in [5, 5.41) is 3.95. The first kappa shape index (κ1) is 15.3. The van der Waals surface area contributed by atoms with Crippen molar-refractivity contribution < 1.29 is 4.74 Å². The number of halogens is 1. The molecule has 0 saturated carbocycles. The second-order valence-electron chi connectivity index (χ2n) is 4.98. The van der Waals surface area contributed by atoms with Gasteiger partial charge in [-0.3, -0.25) is 0 Å². The van der Waals surface area contributed by atoms with Crippen LogP contribution < -0.4 is 10.1 Å². The first-order valence-corrected chi connectivity index (χ1v) is 7.58. The average molecular weight is 326 g/mol. The molecule has 2 aromatic carbocycles. The molecule has 0 amide bonds. The summed E-state index contributed by atoms with van der Waals surface area (Å²) in [7, 11) is 1.65. The third-order valence-corrected chi connectivity index (χ3v) is 3.64. The lowest BCUT2D eigenvalue weighted by atomic mass is 10.1. The molecule has 1 heterocycles. The number of anilines is 1. The van der Waals surface area contributed by atoms with E-state index in [4.69, 9.17) is 16.3 Å². The standard InChI is InChI=1S/C18H16ClN3O/c1-23-16-4-2-3-14(11-16)17-9-10-20-18(22-17)21-12-13-5-7-15(19)8-6-13/h2-11H,12H2,1H3,(H,20,21,22). The smallest absolute Gasteiger partial charge is 0.223 e. The summed E-state index contributed by atoms with van der Waals surface area (Å²) in [5.41, 5.74) is 2.95. The van der Waals surface area contributed by atoms with Gasteiger partial charge < -0.3 is 10.1 Å². The minimum absolute atomic E-state index is 0.584. The molecule has 0 fully saturated rings. The molecular weight excluding hydrogens is 310 g/mol. The van der Waals surface area contributed by atoms with Gasteiger partial charge in [0.15, 0.2) is 0 Å². The molecule has 23 heavy (non-hydrogen) atoms. The van der Waals surface area contributed by atoms with Crippen LogP contribution in [-0.4, -0.2) is 17.1 Å². The fraction of sp³-hybridized carbons (Fsp3) is 0.111. The van der Waals surface area contributed by atoms with Crippen LogP contribution in [0.3, 0.4) is 0 Å². The Morgan fingerprint density at radius 3 is 2.70 bits per heavy atom. The van der Waals surface area contributed by atoms with E-state index in [1.807, 2.05) is 54.6 Å². The summed E-state index contributed by atoms with van der Waals surface area (Å²) in [6.07, 6.45) is 1.74. The van der Waals surface area contributed by atoms with Crippen molar-refractivity contribution >= 4 is 17.5 Å². The molecule has 1 N–H and O–H groups in total. The molecule has 0 aliphatic carbocycles. The second kappa shape index (κ2) is 7.11. The Labute approximate surface area is 140 Å². The normalized spacial score (nSPS) is 10.3. The zero-order valence-corrected chi connectivity index (χ0v) is 13.4. The molecule has 0 unspecified atom stereocenters. The number of hydrogen-bond acceptors (Lipinski definition) is 4. The summed E-state index contributed by atoms with van der Waals surface area (Å²) in [5.74, 6) is 1.39. The molecule has 0 bridgehead atoms. The van der Waals surface area contributed by atoms with E-state index in [0.717, 1.165) is 27.6 Å². The van der Waals surface area contributed by atoms with Crippen LogP contribution in [0.2, 0.25) is 5.02 Å². The minimum Gasteiger partial charge on any atom is -0.497 e. The van der Waals surface area contributed by atoms with Crippen LogP contribution in [0.5, 0.6) is 5.75 Å². The number of ether oxygens (including phenoxy) is 1. The van der Waals surface area contributed by atoms with E-state index < -0.39 is 0 Å². The summed E-state index contributed by atoms with van der Waals surface area (Å²) < 4.78 is 5.25. The molecule has 3 aromatic rings. The Morgan fingerprint density at radius 1 is 1.09 bits per heavy atom. The van der Waals surface area contributed by atoms with Gasteiger partial charge in [0.2, 0.25) is 5.95 Å². The van der Waals surface area contributed by atoms with Gasteiger partial charge in [0.1, 0.15) is 5.75 Å². The van der Waals surface area contributed by atoms with Gasteiger partial charge in [-0.15, -0.1) is 0 Å². The Bertz CT molecular complexity index is 790. The maximum absolute atomic E-state index is 5.89. The molecule has 116 valence electrons. The van der Waals surface area contributed by atoms with E-state index in [9.17, 15) is 0 Å². The van der Waals surface area contributed by atoms with E-state index in [-0.39, 0.29) is 0 Å². The molecular formula is C18H16ClN3O. The number of nitrogens with zero attached hydrogens (tertiary/aromatic N) is 2. The van der Waals surface area contributed by atoms with E-state index >= 15 is 0 Å². The Balaban J connectivity index is 1.75. The van der Waals surface area contributed by atoms with Crippen molar-refractivity contribution in [3.05, 3.63) is 71.4 Å². The van der Waals surface area contributed by atoms with Crippen molar-refractivity contribution in [2.75, 3.05) is 12.4 Å². The maximum Gasteiger partial charge on any atom is 0.223 e. The van der Waals surface area contributed by atoms with Gasteiger partial charge in [-0.25, -0.2) is 9.97 Å². The molecule has 4 nitrogen and oxygen atoms in total. The fourth-order valence-corrected chi connectivity index (χ4v) is 2.30. The Morgan fingerprint density at radius 2 is 1.91 bits per heavy atom. The zero-order valence-electron chi connectivity index (χ0n) is 12.7. The first-order valence-electron chi connectivity index (χ1n) is 7.20. The number of methoxy groups -OCH3 is 1. The summed E-state index contributed by atoms with van der Waals surface area (Å²) >= 11 is 5.89. The lowest BCUT2D eigenvalue weighted by Gasteiger charge is -2.08. The van der Waals surface area contributed by atoms with Crippen LogP contribution in [0, 0.1) is 0 Å². The molecule has 0 aliphatic heterocycles. The number of nitrogens with one attached hydrogen (secondary N) is 1. The molecule has 0 atom stereocenters. The van der Waals surface area contributed by atoms with E-state index in [2.05, 4.69) is 15.3 Å². The summed E-state index contributed by atoms with van der Waals surface area (Å²) in [4.78, 5) is 8.81. The first-order chi connectivity index (χ1) is 11.2. The van der Waals surface area contributed by atoms with E-state index in [1.54, 1.807) is 13.3 Å². The average Bonchev–Trinajstić information content (AvgIpc) is 2.61. The number of benzene rings is 2. The highest BCUT2D eigenvalue weighted by atomic mass is 35.5. The third-order valence-electron chi connectivity index (χ3n) is 3.38. The molecule has 0 aliphatic rings. The lowest BCUT2D eigenvalue weighted by molar-refractivity contribution is 0.415. The van der Waals surface area contributed by atoms with Crippen molar-refractivity contribution in [2.24, 2.45) is 0 Å². The van der Waals surface area contributed by atoms with Gasteiger partial charge in [-0.05, 0) is 35.9 Å². The Kier molecular flexibility index (Phi) is 4.74. The van der Waals surface area contributed by atoms with Crippen molar-refractivity contribution in [2.45, 2.75) is 6.54 Å². The summed E-state index contributed by atoms with van der Waals surface area (Å²) in [6, 6.07) is 17.4. The number of hydrogen-bond donors (Lipinski definition) is 1. The number of rotatable bonds is 5. The molecule has 5 heteroatoms. The van der Waals surface area contributed by atoms with Gasteiger partial charge >= 0.3 is 0 Å². The van der Waals surface area contributed by atoms with Gasteiger partial charge in [0.25, 0.3) is 0 Å². The quantitative estimate of drug-likeness (QED) is 0.754. The highest BCUT2D eigenvalue weighted by Gasteiger charge is 2.04. The third kappa shape index (κ3) is 3.99. The van der Waals surface area contributed by atoms with Crippen molar-refractivity contribution in [3.8, 4) is 17.0 Å². The highest BCUT2D eigenvalue weighted by Crippen LogP contribution is 2.22. The topological polar surface area (TPSA) is 47.0 Å². The van der Waals surface area contributed by atoms with E-state index in [0.29, 0.717) is 12.5 Å². The van der Waals surface area contributed by atoms with Crippen LogP contribution in [0.15, 0.2) is 60.8 Å². The monoisotopic (exact) mass is 325 g/mol. The second-order valence-corrected chi connectivity index (χ2v) is 5.41. The highest BCUT2D eigenvalue weighted by molar-refractivity contribution is 6.30. The molecule has 1 aromatic heterocycles. The van der Waals surface area contributed by atoms with Crippen LogP contribution >= 0.6 is 11.6 Å². The van der Waals surface area contributed by atoms with Crippen molar-refractivity contribution in [1.82, 2.24) is 9.97 Å². The largest absolute Gasteiger partial charge is 0.497 e. The van der Waals surface area contributed by atoms with Gasteiger partial charge in [0.05, 0.1) is 12.8 Å². The molecule has 0 saturated heterocycles. The molecule has 3 rings (SSSR count). The van der Waals surface area contributed by atoms with Crippen LogP contribution in [0.1, 0.15) is 5.56 Å². The predicted molar refractivity (Wildman–Crippen MR) is 92.8 cm³/mol. The van der Waals surface area contributed by atoms with Gasteiger partial charge in [-0.1, -0.05) is 35.9 Å². The van der Waals surface area contributed by atoms with Crippen LogP contribution in [0.4, 0.5) is 5.95 Å². The van der Waals surface area contributed by atoms with Gasteiger partial charge in [0, 0.05) is 23.3 Å². The SMILES string of the molecule is COc1cccc(-c2ccnc(NCc3ccc(Cl)cc3)n2)c1. The van der Waals surface area contributed by atoms with Crippen LogP contribution in [0.25, 0.3) is 11.3 Å². The van der Waals surface area contributed by atoms with Crippen molar-refractivity contribution in [3.63, 3.8) is 0 Å². The van der Waals surface area contributed by atoms with Crippen LogP contribution in [-0.2, 0) is 6.54 Å². The van der Waals surface area contributed by atoms with Crippen molar-refractivity contribution in [1.29, 1.82) is 0 Å².